The topological polar surface area (TPSA) is 97.0 Å². The summed E-state index contributed by atoms with van der Waals surface area (Å²) < 4.78 is 13.2. The summed E-state index contributed by atoms with van der Waals surface area (Å²) in [5.41, 5.74) is 1.38. The van der Waals surface area contributed by atoms with Gasteiger partial charge in [-0.25, -0.2) is 19.4 Å². The van der Waals surface area contributed by atoms with E-state index in [9.17, 15) is 4.79 Å². The van der Waals surface area contributed by atoms with Gasteiger partial charge in [-0.1, -0.05) is 0 Å². The molecule has 0 saturated carbocycles. The average molecular weight is 328 g/mol. The number of aromatic nitrogens is 6. The molecule has 3 aromatic rings. The second-order valence-corrected chi connectivity index (χ2v) is 4.85. The molecule has 9 heteroatoms. The highest BCUT2D eigenvalue weighted by atomic mass is 16.5. The molecule has 0 saturated heterocycles. The molecular formula is C15H16N6O3. The van der Waals surface area contributed by atoms with Crippen LogP contribution in [0, 0.1) is 0 Å². The normalized spacial score (nSPS) is 10.6. The summed E-state index contributed by atoms with van der Waals surface area (Å²) in [6, 6.07) is 5.08. The van der Waals surface area contributed by atoms with E-state index in [1.54, 1.807) is 54.1 Å². The van der Waals surface area contributed by atoms with Gasteiger partial charge in [0.05, 0.1) is 25.6 Å². The van der Waals surface area contributed by atoms with Crippen molar-refractivity contribution in [1.29, 1.82) is 0 Å². The maximum Gasteiger partial charge on any atom is 0.358 e. The van der Waals surface area contributed by atoms with E-state index in [1.165, 1.54) is 7.11 Å². The third kappa shape index (κ3) is 2.96. The maximum atomic E-state index is 12.0. The van der Waals surface area contributed by atoms with Crippen LogP contribution in [0.5, 0.6) is 5.88 Å². The van der Waals surface area contributed by atoms with Gasteiger partial charge < -0.3 is 9.47 Å². The monoisotopic (exact) mass is 328 g/mol. The Morgan fingerprint density at radius 3 is 2.67 bits per heavy atom. The molecule has 0 aliphatic rings. The first-order chi connectivity index (χ1) is 11.6. The van der Waals surface area contributed by atoms with E-state index in [4.69, 9.17) is 9.47 Å². The van der Waals surface area contributed by atoms with Gasteiger partial charge in [-0.3, -0.25) is 4.68 Å². The average Bonchev–Trinajstić information content (AvgIpc) is 3.21. The van der Waals surface area contributed by atoms with Gasteiger partial charge in [0.2, 0.25) is 5.88 Å². The minimum atomic E-state index is -0.505. The predicted octanol–water partition coefficient (Wildman–Crippen LogP) is 1.25. The van der Waals surface area contributed by atoms with E-state index < -0.39 is 5.97 Å². The number of pyridine rings is 1. The number of rotatable bonds is 5. The molecule has 0 fully saturated rings. The predicted molar refractivity (Wildman–Crippen MR) is 83.9 cm³/mol. The second-order valence-electron chi connectivity index (χ2n) is 4.85. The van der Waals surface area contributed by atoms with Crippen molar-refractivity contribution >= 4 is 5.97 Å². The molecule has 0 aromatic carbocycles. The lowest BCUT2D eigenvalue weighted by molar-refractivity contribution is 0.0519. The van der Waals surface area contributed by atoms with Crippen molar-refractivity contribution < 1.29 is 14.3 Å². The van der Waals surface area contributed by atoms with Gasteiger partial charge in [-0.2, -0.15) is 5.10 Å². The number of methoxy groups -OCH3 is 1. The van der Waals surface area contributed by atoms with Gasteiger partial charge in [0, 0.05) is 19.2 Å². The molecule has 0 atom stereocenters. The van der Waals surface area contributed by atoms with Crippen molar-refractivity contribution in [3.05, 3.63) is 36.4 Å². The molecule has 3 aromatic heterocycles. The van der Waals surface area contributed by atoms with Crippen molar-refractivity contribution in [2.24, 2.45) is 7.05 Å². The number of hydrogen-bond donors (Lipinski definition) is 0. The molecule has 9 nitrogen and oxygen atoms in total. The molecule has 3 rings (SSSR count). The van der Waals surface area contributed by atoms with Crippen LogP contribution in [0.4, 0.5) is 0 Å². The molecule has 0 radical (unpaired) electrons. The molecule has 124 valence electrons. The Labute approximate surface area is 137 Å². The highest BCUT2D eigenvalue weighted by Gasteiger charge is 2.20. The van der Waals surface area contributed by atoms with E-state index in [2.05, 4.69) is 20.2 Å². The second kappa shape index (κ2) is 6.49. The summed E-state index contributed by atoms with van der Waals surface area (Å²) in [5.74, 6) is 0.417. The molecular weight excluding hydrogens is 312 g/mol. The van der Waals surface area contributed by atoms with Crippen molar-refractivity contribution in [2.75, 3.05) is 13.7 Å². The zero-order valence-corrected chi connectivity index (χ0v) is 13.5. The number of carbonyl (C=O) groups is 1. The van der Waals surface area contributed by atoms with Crippen LogP contribution in [-0.2, 0) is 11.8 Å². The minimum Gasteiger partial charge on any atom is -0.481 e. The Kier molecular flexibility index (Phi) is 4.23. The molecule has 0 N–H and O–H groups in total. The Bertz CT molecular complexity index is 852. The first kappa shape index (κ1) is 15.7. The molecule has 0 aliphatic carbocycles. The van der Waals surface area contributed by atoms with Crippen LogP contribution in [0.25, 0.3) is 17.2 Å². The largest absolute Gasteiger partial charge is 0.481 e. The van der Waals surface area contributed by atoms with Gasteiger partial charge in [0.25, 0.3) is 0 Å². The zero-order chi connectivity index (χ0) is 17.1. The third-order valence-electron chi connectivity index (χ3n) is 3.20. The molecule has 24 heavy (non-hydrogen) atoms. The van der Waals surface area contributed by atoms with Gasteiger partial charge in [-0.05, 0) is 13.0 Å². The van der Waals surface area contributed by atoms with Gasteiger partial charge in [0.1, 0.15) is 12.0 Å². The summed E-state index contributed by atoms with van der Waals surface area (Å²) in [5, 5.41) is 8.58. The van der Waals surface area contributed by atoms with E-state index in [1.807, 2.05) is 0 Å². The Balaban J connectivity index is 2.09. The fourth-order valence-electron chi connectivity index (χ4n) is 2.12. The lowest BCUT2D eigenvalue weighted by Gasteiger charge is -2.05. The Morgan fingerprint density at radius 1 is 1.25 bits per heavy atom. The number of nitrogens with zero attached hydrogens (tertiary/aromatic N) is 6. The number of carbonyl (C=O) groups excluding carboxylic acids is 1. The fraction of sp³-hybridized carbons (Fsp3) is 0.267. The molecule has 0 unspecified atom stereocenters. The third-order valence-corrected chi connectivity index (χ3v) is 3.20. The highest BCUT2D eigenvalue weighted by Crippen LogP contribution is 2.22. The standard InChI is InChI=1S/C15H16N6O3/c1-4-24-15(22)11-7-12(14-17-9-20(2)19-14)21(18-11)10-5-6-13(23-3)16-8-10/h5-9H,4H2,1-3H3. The van der Waals surface area contributed by atoms with E-state index in [0.717, 1.165) is 0 Å². The summed E-state index contributed by atoms with van der Waals surface area (Å²) in [6.45, 7) is 2.01. The highest BCUT2D eigenvalue weighted by molar-refractivity contribution is 5.88. The van der Waals surface area contributed by atoms with Gasteiger partial charge in [0.15, 0.2) is 11.5 Å². The van der Waals surface area contributed by atoms with Crippen molar-refractivity contribution in [2.45, 2.75) is 6.92 Å². The molecule has 0 bridgehead atoms. The number of aryl methyl sites for hydroxylation is 1. The molecule has 0 amide bonds. The van der Waals surface area contributed by atoms with Crippen LogP contribution >= 0.6 is 0 Å². The summed E-state index contributed by atoms with van der Waals surface area (Å²) in [6.07, 6.45) is 3.16. The van der Waals surface area contributed by atoms with Gasteiger partial charge >= 0.3 is 5.97 Å². The van der Waals surface area contributed by atoms with E-state index in [0.29, 0.717) is 23.1 Å². The van der Waals surface area contributed by atoms with Crippen LogP contribution in [0.15, 0.2) is 30.7 Å². The van der Waals surface area contributed by atoms with Crippen LogP contribution in [0.1, 0.15) is 17.4 Å². The lowest BCUT2D eigenvalue weighted by Crippen LogP contribution is -2.07. The van der Waals surface area contributed by atoms with E-state index >= 15 is 0 Å². The first-order valence-corrected chi connectivity index (χ1v) is 7.26. The summed E-state index contributed by atoms with van der Waals surface area (Å²) >= 11 is 0. The number of hydrogen-bond acceptors (Lipinski definition) is 7. The van der Waals surface area contributed by atoms with Gasteiger partial charge in [-0.15, -0.1) is 5.10 Å². The number of esters is 1. The van der Waals surface area contributed by atoms with Crippen LogP contribution in [-0.4, -0.2) is 49.2 Å². The SMILES string of the molecule is CCOC(=O)c1cc(-c2ncn(C)n2)n(-c2ccc(OC)nc2)n1. The Morgan fingerprint density at radius 2 is 2.08 bits per heavy atom. The van der Waals surface area contributed by atoms with Crippen LogP contribution in [0.2, 0.25) is 0 Å². The molecule has 0 spiro atoms. The smallest absolute Gasteiger partial charge is 0.358 e. The van der Waals surface area contributed by atoms with Crippen molar-refractivity contribution in [3.8, 4) is 23.1 Å². The lowest BCUT2D eigenvalue weighted by atomic mass is 10.3. The quantitative estimate of drug-likeness (QED) is 0.650. The minimum absolute atomic E-state index is 0.176. The van der Waals surface area contributed by atoms with Crippen molar-refractivity contribution in [1.82, 2.24) is 29.5 Å². The molecule has 3 heterocycles. The Hall–Kier alpha value is -3.23. The molecule has 0 aliphatic heterocycles. The summed E-state index contributed by atoms with van der Waals surface area (Å²) in [7, 11) is 3.30. The summed E-state index contributed by atoms with van der Waals surface area (Å²) in [4.78, 5) is 20.4. The van der Waals surface area contributed by atoms with Crippen LogP contribution in [0.3, 0.4) is 0 Å². The zero-order valence-electron chi connectivity index (χ0n) is 13.5. The first-order valence-electron chi connectivity index (χ1n) is 7.26. The van der Waals surface area contributed by atoms with Crippen molar-refractivity contribution in [3.63, 3.8) is 0 Å². The van der Waals surface area contributed by atoms with E-state index in [-0.39, 0.29) is 12.3 Å². The maximum absolute atomic E-state index is 12.0. The fourth-order valence-corrected chi connectivity index (χ4v) is 2.12. The number of ether oxygens (including phenoxy) is 2. The van der Waals surface area contributed by atoms with Crippen LogP contribution < -0.4 is 4.74 Å².